The van der Waals surface area contributed by atoms with Crippen molar-refractivity contribution in [3.05, 3.63) is 58.8 Å². The number of rotatable bonds is 4. The lowest BCUT2D eigenvalue weighted by Crippen LogP contribution is -2.49. The van der Waals surface area contributed by atoms with Crippen LogP contribution in [0.5, 0.6) is 0 Å². The third-order valence-electron chi connectivity index (χ3n) is 4.27. The smallest absolute Gasteiger partial charge is 0.243 e. The summed E-state index contributed by atoms with van der Waals surface area (Å²) in [5.74, 6) is -0.875. The van der Waals surface area contributed by atoms with E-state index in [1.165, 1.54) is 16.4 Å². The molecule has 2 aromatic carbocycles. The molecule has 0 unspecified atom stereocenters. The second-order valence-electron chi connectivity index (χ2n) is 6.08. The standard InChI is InChI=1S/C18H18BrFN2O3S/c19-13-4-3-5-15(12-13)21-18(23)17-6-1-2-11-22(17)26(24,25)16-9-7-14(20)8-10-16/h3-5,7-10,12,17H,1-2,6,11H2,(H,21,23)/t17-/m0/s1. The number of nitrogens with one attached hydrogen (secondary N) is 1. The van der Waals surface area contributed by atoms with E-state index in [1.807, 2.05) is 6.07 Å². The molecule has 2 aromatic rings. The molecule has 1 atom stereocenters. The number of amides is 1. The van der Waals surface area contributed by atoms with Gasteiger partial charge in [0, 0.05) is 16.7 Å². The summed E-state index contributed by atoms with van der Waals surface area (Å²) in [6, 6.07) is 11.0. The van der Waals surface area contributed by atoms with Crippen molar-refractivity contribution in [3.8, 4) is 0 Å². The van der Waals surface area contributed by atoms with Crippen molar-refractivity contribution < 1.29 is 17.6 Å². The molecule has 8 heteroatoms. The largest absolute Gasteiger partial charge is 0.325 e. The summed E-state index contributed by atoms with van der Waals surface area (Å²) in [6.07, 6.45) is 1.90. The number of carbonyl (C=O) groups excluding carboxylic acids is 1. The Morgan fingerprint density at radius 2 is 1.88 bits per heavy atom. The fourth-order valence-corrected chi connectivity index (χ4v) is 5.04. The van der Waals surface area contributed by atoms with Gasteiger partial charge in [-0.25, -0.2) is 12.8 Å². The lowest BCUT2D eigenvalue weighted by molar-refractivity contribution is -0.120. The molecule has 0 saturated carbocycles. The Morgan fingerprint density at radius 1 is 1.15 bits per heavy atom. The average Bonchev–Trinajstić information content (AvgIpc) is 2.62. The minimum Gasteiger partial charge on any atom is -0.325 e. The van der Waals surface area contributed by atoms with Crippen LogP contribution in [0.1, 0.15) is 19.3 Å². The maximum absolute atomic E-state index is 13.1. The van der Waals surface area contributed by atoms with Crippen molar-refractivity contribution >= 4 is 37.5 Å². The highest BCUT2D eigenvalue weighted by atomic mass is 79.9. The molecule has 1 aliphatic heterocycles. The second kappa shape index (κ2) is 7.85. The Bertz CT molecular complexity index is 903. The van der Waals surface area contributed by atoms with Gasteiger partial charge in [-0.15, -0.1) is 0 Å². The van der Waals surface area contributed by atoms with E-state index in [2.05, 4.69) is 21.2 Å². The molecule has 0 aliphatic carbocycles. The summed E-state index contributed by atoms with van der Waals surface area (Å²) in [7, 11) is -3.88. The fourth-order valence-electron chi connectivity index (χ4n) is 2.99. The Hall–Kier alpha value is -1.77. The van der Waals surface area contributed by atoms with Crippen LogP contribution in [-0.2, 0) is 14.8 Å². The van der Waals surface area contributed by atoms with E-state index < -0.39 is 21.9 Å². The van der Waals surface area contributed by atoms with Crippen molar-refractivity contribution in [2.45, 2.75) is 30.2 Å². The first-order chi connectivity index (χ1) is 12.4. The summed E-state index contributed by atoms with van der Waals surface area (Å²) >= 11 is 3.34. The maximum atomic E-state index is 13.1. The normalized spacial score (nSPS) is 18.5. The third-order valence-corrected chi connectivity index (χ3v) is 6.68. The number of halogens is 2. The molecule has 0 aromatic heterocycles. The number of anilines is 1. The highest BCUT2D eigenvalue weighted by Gasteiger charge is 2.37. The average molecular weight is 441 g/mol. The van der Waals surface area contributed by atoms with Crippen LogP contribution < -0.4 is 5.32 Å². The molecule has 26 heavy (non-hydrogen) atoms. The van der Waals surface area contributed by atoms with E-state index in [1.54, 1.807) is 18.2 Å². The molecule has 1 fully saturated rings. The summed E-state index contributed by atoms with van der Waals surface area (Å²) in [4.78, 5) is 12.7. The zero-order valence-corrected chi connectivity index (χ0v) is 16.3. The predicted octanol–water partition coefficient (Wildman–Crippen LogP) is 3.77. The Labute approximate surface area is 160 Å². The van der Waals surface area contributed by atoms with Crippen LogP contribution in [0.2, 0.25) is 0 Å². The van der Waals surface area contributed by atoms with Gasteiger partial charge in [-0.05, 0) is 55.3 Å². The van der Waals surface area contributed by atoms with Crippen molar-refractivity contribution in [3.63, 3.8) is 0 Å². The van der Waals surface area contributed by atoms with Gasteiger partial charge >= 0.3 is 0 Å². The van der Waals surface area contributed by atoms with Crippen molar-refractivity contribution in [1.29, 1.82) is 0 Å². The first kappa shape index (κ1) is 19.0. The van der Waals surface area contributed by atoms with Gasteiger partial charge in [0.25, 0.3) is 0 Å². The molecule has 1 N–H and O–H groups in total. The van der Waals surface area contributed by atoms with E-state index in [0.29, 0.717) is 18.5 Å². The number of sulfonamides is 1. The molecule has 1 amide bonds. The third kappa shape index (κ3) is 4.13. The first-order valence-electron chi connectivity index (χ1n) is 8.22. The number of hydrogen-bond donors (Lipinski definition) is 1. The highest BCUT2D eigenvalue weighted by Crippen LogP contribution is 2.27. The summed E-state index contributed by atoms with van der Waals surface area (Å²) in [6.45, 7) is 0.260. The van der Waals surface area contributed by atoms with Gasteiger partial charge in [0.05, 0.1) is 4.90 Å². The van der Waals surface area contributed by atoms with Gasteiger partial charge in [-0.2, -0.15) is 4.31 Å². The number of nitrogens with zero attached hydrogens (tertiary/aromatic N) is 1. The molecular weight excluding hydrogens is 423 g/mol. The van der Waals surface area contributed by atoms with Crippen molar-refractivity contribution in [2.75, 3.05) is 11.9 Å². The molecule has 138 valence electrons. The van der Waals surface area contributed by atoms with Crippen LogP contribution in [0.25, 0.3) is 0 Å². The van der Waals surface area contributed by atoms with Crippen LogP contribution in [0.3, 0.4) is 0 Å². The molecule has 1 saturated heterocycles. The number of carbonyl (C=O) groups is 1. The van der Waals surface area contributed by atoms with Gasteiger partial charge in [0.2, 0.25) is 15.9 Å². The highest BCUT2D eigenvalue weighted by molar-refractivity contribution is 9.10. The number of hydrogen-bond acceptors (Lipinski definition) is 3. The maximum Gasteiger partial charge on any atom is 0.243 e. The van der Waals surface area contributed by atoms with E-state index in [9.17, 15) is 17.6 Å². The minimum atomic E-state index is -3.88. The molecule has 3 rings (SSSR count). The van der Waals surface area contributed by atoms with Crippen molar-refractivity contribution in [2.24, 2.45) is 0 Å². The topological polar surface area (TPSA) is 66.5 Å². The number of benzene rings is 2. The van der Waals surface area contributed by atoms with E-state index in [4.69, 9.17) is 0 Å². The van der Waals surface area contributed by atoms with Gasteiger partial charge < -0.3 is 5.32 Å². The minimum absolute atomic E-state index is 0.0129. The summed E-state index contributed by atoms with van der Waals surface area (Å²) < 4.78 is 41.0. The molecular formula is C18H18BrFN2O3S. The number of piperidine rings is 1. The van der Waals surface area contributed by atoms with Gasteiger partial charge in [-0.1, -0.05) is 28.4 Å². The van der Waals surface area contributed by atoms with Crippen molar-refractivity contribution in [1.82, 2.24) is 4.31 Å². The zero-order chi connectivity index (χ0) is 18.7. The lowest BCUT2D eigenvalue weighted by atomic mass is 10.0. The first-order valence-corrected chi connectivity index (χ1v) is 10.4. The van der Waals surface area contributed by atoms with Gasteiger partial charge in [0.15, 0.2) is 0 Å². The van der Waals surface area contributed by atoms with Gasteiger partial charge in [-0.3, -0.25) is 4.79 Å². The molecule has 1 aliphatic rings. The molecule has 0 radical (unpaired) electrons. The van der Waals surface area contributed by atoms with Crippen LogP contribution in [0.4, 0.5) is 10.1 Å². The van der Waals surface area contributed by atoms with E-state index >= 15 is 0 Å². The quantitative estimate of drug-likeness (QED) is 0.786. The fraction of sp³-hybridized carbons (Fsp3) is 0.278. The molecule has 1 heterocycles. The lowest BCUT2D eigenvalue weighted by Gasteiger charge is -2.33. The predicted molar refractivity (Wildman–Crippen MR) is 101 cm³/mol. The molecule has 5 nitrogen and oxygen atoms in total. The van der Waals surface area contributed by atoms with Crippen LogP contribution in [0, 0.1) is 5.82 Å². The Balaban J connectivity index is 1.85. The second-order valence-corrected chi connectivity index (χ2v) is 8.89. The summed E-state index contributed by atoms with van der Waals surface area (Å²) in [5.41, 5.74) is 0.592. The SMILES string of the molecule is O=C(Nc1cccc(Br)c1)[C@@H]1CCCCN1S(=O)(=O)c1ccc(F)cc1. The van der Waals surface area contributed by atoms with Crippen LogP contribution >= 0.6 is 15.9 Å². The van der Waals surface area contributed by atoms with Gasteiger partial charge in [0.1, 0.15) is 11.9 Å². The van der Waals surface area contributed by atoms with E-state index in [-0.39, 0.29) is 17.3 Å². The van der Waals surface area contributed by atoms with E-state index in [0.717, 1.165) is 23.0 Å². The monoisotopic (exact) mass is 440 g/mol. The summed E-state index contributed by atoms with van der Waals surface area (Å²) in [5, 5.41) is 2.78. The Morgan fingerprint density at radius 3 is 2.58 bits per heavy atom. The van der Waals surface area contributed by atoms with Crippen LogP contribution in [-0.4, -0.2) is 31.2 Å². The van der Waals surface area contributed by atoms with Crippen LogP contribution in [0.15, 0.2) is 57.9 Å². The Kier molecular flexibility index (Phi) is 5.74. The zero-order valence-electron chi connectivity index (χ0n) is 13.9. The molecule has 0 spiro atoms. The molecule has 0 bridgehead atoms.